The molecule has 0 amide bonds. The third-order valence-corrected chi connectivity index (χ3v) is 1.79. The van der Waals surface area contributed by atoms with Crippen LogP contribution in [0.15, 0.2) is 12.1 Å². The molecule has 0 aromatic heterocycles. The molecule has 0 saturated heterocycles. The first-order valence-electron chi connectivity index (χ1n) is 3.80. The number of hydrogen-bond acceptors (Lipinski definition) is 4. The Bertz CT molecular complexity index is 412. The lowest BCUT2D eigenvalue weighted by atomic mass is 10.0. The third-order valence-electron chi connectivity index (χ3n) is 1.79. The summed E-state index contributed by atoms with van der Waals surface area (Å²) in [7, 11) is 0. The number of carbonyl (C=O) groups is 2. The quantitative estimate of drug-likeness (QED) is 0.480. The molecular formula is C9H9NO4. The predicted octanol–water partition coefficient (Wildman–Crippen LogP) is 0.875. The number of rotatable bonds is 2. The summed E-state index contributed by atoms with van der Waals surface area (Å²) in [5, 5.41) is 18.1. The number of carbonyl (C=O) groups excluding carboxylic acids is 1. The summed E-state index contributed by atoms with van der Waals surface area (Å²) in [5.74, 6) is -2.35. The first-order chi connectivity index (χ1) is 6.45. The van der Waals surface area contributed by atoms with Crippen LogP contribution in [0.3, 0.4) is 0 Å². The molecule has 4 N–H and O–H groups in total. The van der Waals surface area contributed by atoms with Gasteiger partial charge in [-0.1, -0.05) is 0 Å². The summed E-state index contributed by atoms with van der Waals surface area (Å²) >= 11 is 0. The van der Waals surface area contributed by atoms with E-state index in [0.717, 1.165) is 6.07 Å². The molecule has 0 aliphatic rings. The van der Waals surface area contributed by atoms with E-state index in [1.165, 1.54) is 13.0 Å². The van der Waals surface area contributed by atoms with Crippen molar-refractivity contribution in [1.82, 2.24) is 0 Å². The minimum absolute atomic E-state index is 0.0694. The largest absolute Gasteiger partial charge is 0.506 e. The van der Waals surface area contributed by atoms with Crippen LogP contribution in [0.25, 0.3) is 0 Å². The Morgan fingerprint density at radius 3 is 2.36 bits per heavy atom. The van der Waals surface area contributed by atoms with E-state index in [4.69, 9.17) is 10.8 Å². The number of nitrogen functional groups attached to an aromatic ring is 1. The molecule has 1 aromatic carbocycles. The Hall–Kier alpha value is -2.04. The number of aromatic carboxylic acids is 1. The predicted molar refractivity (Wildman–Crippen MR) is 49.5 cm³/mol. The van der Waals surface area contributed by atoms with Crippen LogP contribution in [0.5, 0.6) is 5.75 Å². The van der Waals surface area contributed by atoms with Crippen LogP contribution in [0.1, 0.15) is 27.6 Å². The van der Waals surface area contributed by atoms with Crippen LogP contribution in [0.2, 0.25) is 0 Å². The molecule has 0 heterocycles. The molecule has 0 aliphatic carbocycles. The molecule has 0 radical (unpaired) electrons. The highest BCUT2D eigenvalue weighted by atomic mass is 16.4. The standard InChI is InChI=1S/C9H9NO4/c1-4(11)7-6(10)3-2-5(8(7)12)9(13)14/h2-3,12H,10H2,1H3,(H,13,14). The molecule has 0 fully saturated rings. The normalized spacial score (nSPS) is 9.79. The molecule has 0 atom stereocenters. The van der Waals surface area contributed by atoms with Gasteiger partial charge in [-0.25, -0.2) is 4.79 Å². The van der Waals surface area contributed by atoms with E-state index in [1.54, 1.807) is 0 Å². The van der Waals surface area contributed by atoms with E-state index in [-0.39, 0.29) is 16.8 Å². The molecular weight excluding hydrogens is 186 g/mol. The van der Waals surface area contributed by atoms with Crippen LogP contribution in [0, 0.1) is 0 Å². The maximum atomic E-state index is 11.0. The molecule has 0 bridgehead atoms. The van der Waals surface area contributed by atoms with E-state index in [1.807, 2.05) is 0 Å². The Labute approximate surface area is 79.8 Å². The summed E-state index contributed by atoms with van der Waals surface area (Å²) < 4.78 is 0. The summed E-state index contributed by atoms with van der Waals surface area (Å²) in [6.45, 7) is 1.21. The molecule has 5 heteroatoms. The van der Waals surface area contributed by atoms with Crippen molar-refractivity contribution in [2.75, 3.05) is 5.73 Å². The van der Waals surface area contributed by atoms with E-state index in [2.05, 4.69) is 0 Å². The van der Waals surface area contributed by atoms with Crippen LogP contribution in [-0.2, 0) is 0 Å². The van der Waals surface area contributed by atoms with Crippen LogP contribution in [0.4, 0.5) is 5.69 Å². The fourth-order valence-electron chi connectivity index (χ4n) is 1.15. The highest BCUT2D eigenvalue weighted by Gasteiger charge is 2.18. The number of ketones is 1. The molecule has 14 heavy (non-hydrogen) atoms. The molecule has 0 aliphatic heterocycles. The summed E-state index contributed by atoms with van der Waals surface area (Å²) in [4.78, 5) is 21.6. The molecule has 1 aromatic rings. The van der Waals surface area contributed by atoms with Gasteiger partial charge in [-0.2, -0.15) is 0 Å². The topological polar surface area (TPSA) is 101 Å². The molecule has 74 valence electrons. The van der Waals surface area contributed by atoms with Gasteiger partial charge in [0.1, 0.15) is 11.3 Å². The van der Waals surface area contributed by atoms with Crippen molar-refractivity contribution in [2.24, 2.45) is 0 Å². The van der Waals surface area contributed by atoms with Gasteiger partial charge < -0.3 is 15.9 Å². The number of phenols is 1. The Morgan fingerprint density at radius 1 is 1.36 bits per heavy atom. The van der Waals surface area contributed by atoms with Crippen molar-refractivity contribution < 1.29 is 19.8 Å². The zero-order chi connectivity index (χ0) is 10.9. The lowest BCUT2D eigenvalue weighted by molar-refractivity contribution is 0.0694. The molecule has 0 unspecified atom stereocenters. The zero-order valence-corrected chi connectivity index (χ0v) is 7.44. The SMILES string of the molecule is CC(=O)c1c(N)ccc(C(=O)O)c1O. The van der Waals surface area contributed by atoms with E-state index in [9.17, 15) is 14.7 Å². The fourth-order valence-corrected chi connectivity index (χ4v) is 1.15. The van der Waals surface area contributed by atoms with Gasteiger partial charge in [0.25, 0.3) is 0 Å². The van der Waals surface area contributed by atoms with Gasteiger partial charge in [0, 0.05) is 5.69 Å². The number of nitrogens with two attached hydrogens (primary N) is 1. The van der Waals surface area contributed by atoms with Crippen molar-refractivity contribution in [2.45, 2.75) is 6.92 Å². The number of Topliss-reactive ketones (excluding diaryl/α,β-unsaturated/α-hetero) is 1. The summed E-state index contributed by atoms with van der Waals surface area (Å²) in [5.41, 5.74) is 5.01. The smallest absolute Gasteiger partial charge is 0.339 e. The van der Waals surface area contributed by atoms with Gasteiger partial charge in [0.15, 0.2) is 5.78 Å². The minimum atomic E-state index is -1.30. The number of aromatic hydroxyl groups is 1. The van der Waals surface area contributed by atoms with E-state index in [0.29, 0.717) is 0 Å². The lowest BCUT2D eigenvalue weighted by Crippen LogP contribution is -2.05. The number of carboxylic acids is 1. The Kier molecular flexibility index (Phi) is 2.42. The lowest BCUT2D eigenvalue weighted by Gasteiger charge is -2.06. The van der Waals surface area contributed by atoms with Gasteiger partial charge >= 0.3 is 5.97 Å². The molecule has 0 saturated carbocycles. The average molecular weight is 195 g/mol. The summed E-state index contributed by atoms with van der Waals surface area (Å²) in [6.07, 6.45) is 0. The maximum Gasteiger partial charge on any atom is 0.339 e. The second-order valence-corrected chi connectivity index (χ2v) is 2.79. The van der Waals surface area contributed by atoms with Crippen LogP contribution >= 0.6 is 0 Å². The third kappa shape index (κ3) is 1.52. The van der Waals surface area contributed by atoms with Crippen molar-refractivity contribution >= 4 is 17.4 Å². The number of carboxylic acid groups (broad SMARTS) is 1. The highest BCUT2D eigenvalue weighted by Crippen LogP contribution is 2.28. The van der Waals surface area contributed by atoms with Crippen LogP contribution in [-0.4, -0.2) is 22.0 Å². The van der Waals surface area contributed by atoms with E-state index >= 15 is 0 Å². The van der Waals surface area contributed by atoms with Crippen molar-refractivity contribution in [1.29, 1.82) is 0 Å². The zero-order valence-electron chi connectivity index (χ0n) is 7.44. The van der Waals surface area contributed by atoms with Gasteiger partial charge in [0.2, 0.25) is 0 Å². The number of anilines is 1. The molecule has 5 nitrogen and oxygen atoms in total. The fraction of sp³-hybridized carbons (Fsp3) is 0.111. The van der Waals surface area contributed by atoms with Gasteiger partial charge in [-0.15, -0.1) is 0 Å². The van der Waals surface area contributed by atoms with E-state index < -0.39 is 17.5 Å². The number of benzene rings is 1. The number of hydrogen-bond donors (Lipinski definition) is 3. The minimum Gasteiger partial charge on any atom is -0.506 e. The maximum absolute atomic E-state index is 11.0. The van der Waals surface area contributed by atoms with Crippen molar-refractivity contribution in [3.8, 4) is 5.75 Å². The van der Waals surface area contributed by atoms with Gasteiger partial charge in [0.05, 0.1) is 5.56 Å². The highest BCUT2D eigenvalue weighted by molar-refractivity contribution is 6.05. The van der Waals surface area contributed by atoms with Gasteiger partial charge in [-0.3, -0.25) is 4.79 Å². The second-order valence-electron chi connectivity index (χ2n) is 2.79. The first-order valence-corrected chi connectivity index (χ1v) is 3.80. The Balaban J connectivity index is 3.49. The molecule has 1 rings (SSSR count). The Morgan fingerprint density at radius 2 is 1.93 bits per heavy atom. The average Bonchev–Trinajstić information content (AvgIpc) is 2.02. The second kappa shape index (κ2) is 3.37. The van der Waals surface area contributed by atoms with Gasteiger partial charge in [-0.05, 0) is 19.1 Å². The molecule has 0 spiro atoms. The summed E-state index contributed by atoms with van der Waals surface area (Å²) in [6, 6.07) is 2.43. The van der Waals surface area contributed by atoms with Crippen molar-refractivity contribution in [3.05, 3.63) is 23.3 Å². The first kappa shape index (κ1) is 10.0. The van der Waals surface area contributed by atoms with Crippen molar-refractivity contribution in [3.63, 3.8) is 0 Å². The van der Waals surface area contributed by atoms with Crippen LogP contribution < -0.4 is 5.73 Å². The monoisotopic (exact) mass is 195 g/mol.